The third kappa shape index (κ3) is 6.07. The molecule has 1 heterocycles. The van der Waals surface area contributed by atoms with Gasteiger partial charge in [0.25, 0.3) is 23.3 Å². The number of fused-ring (bicyclic) bond motifs is 1. The lowest BCUT2D eigenvalue weighted by atomic mass is 10.1. The number of benzene rings is 3. The average Bonchev–Trinajstić information content (AvgIpc) is 2.94. The summed E-state index contributed by atoms with van der Waals surface area (Å²) in [5.74, 6) is -1.45. The predicted octanol–water partition coefficient (Wildman–Crippen LogP) is 3.91. The standard InChI is InChI=1S/C28H27N5O4/c1-2-3-9-18-33-28(37)23-13-8-7-12-22(23)24(32-33)27(36)31-30-26(35)20-14-16-21(17-15-20)29-25(34)19-10-5-4-6-11-19/h4-8,10-17H,2-3,9,18H2,1H3,(H,29,34)(H,30,35)(H,31,36). The van der Waals surface area contributed by atoms with Crippen LogP contribution in [0.4, 0.5) is 5.69 Å². The minimum absolute atomic E-state index is 0.0472. The van der Waals surface area contributed by atoms with E-state index in [1.54, 1.807) is 60.7 Å². The van der Waals surface area contributed by atoms with Crippen LogP contribution in [0.5, 0.6) is 0 Å². The highest BCUT2D eigenvalue weighted by Gasteiger charge is 2.17. The maximum absolute atomic E-state index is 12.9. The van der Waals surface area contributed by atoms with Crippen molar-refractivity contribution in [1.82, 2.24) is 20.6 Å². The molecule has 0 bridgehead atoms. The number of rotatable bonds is 8. The van der Waals surface area contributed by atoms with Crippen LogP contribution in [0.3, 0.4) is 0 Å². The Morgan fingerprint density at radius 1 is 0.730 bits per heavy atom. The number of aromatic nitrogens is 2. The van der Waals surface area contributed by atoms with Crippen LogP contribution in [-0.4, -0.2) is 27.5 Å². The van der Waals surface area contributed by atoms with E-state index in [0.29, 0.717) is 28.6 Å². The van der Waals surface area contributed by atoms with Crippen LogP contribution in [0.2, 0.25) is 0 Å². The van der Waals surface area contributed by atoms with Gasteiger partial charge in [0.2, 0.25) is 0 Å². The van der Waals surface area contributed by atoms with E-state index in [-0.39, 0.29) is 22.7 Å². The Morgan fingerprint density at radius 3 is 2.05 bits per heavy atom. The van der Waals surface area contributed by atoms with Crippen LogP contribution < -0.4 is 21.7 Å². The summed E-state index contributed by atoms with van der Waals surface area (Å²) in [6, 6.07) is 21.8. The van der Waals surface area contributed by atoms with Gasteiger partial charge >= 0.3 is 0 Å². The minimum atomic E-state index is -0.638. The van der Waals surface area contributed by atoms with Crippen molar-refractivity contribution in [1.29, 1.82) is 0 Å². The van der Waals surface area contributed by atoms with Crippen molar-refractivity contribution in [3.05, 3.63) is 106 Å². The second-order valence-electron chi connectivity index (χ2n) is 8.44. The number of carbonyl (C=O) groups is 3. The van der Waals surface area contributed by atoms with E-state index < -0.39 is 11.8 Å². The molecule has 3 aromatic carbocycles. The zero-order valence-electron chi connectivity index (χ0n) is 20.4. The SMILES string of the molecule is CCCCCn1nc(C(=O)NNC(=O)c2ccc(NC(=O)c3ccccc3)cc2)c2ccccc2c1=O. The third-order valence-corrected chi connectivity index (χ3v) is 5.79. The van der Waals surface area contributed by atoms with Crippen molar-refractivity contribution >= 4 is 34.2 Å². The maximum Gasteiger partial charge on any atom is 0.290 e. The first-order valence-corrected chi connectivity index (χ1v) is 12.0. The molecule has 37 heavy (non-hydrogen) atoms. The molecular weight excluding hydrogens is 470 g/mol. The molecule has 0 saturated carbocycles. The molecule has 4 aromatic rings. The molecule has 1 aromatic heterocycles. The van der Waals surface area contributed by atoms with Gasteiger partial charge in [0.1, 0.15) is 0 Å². The summed E-state index contributed by atoms with van der Waals surface area (Å²) in [7, 11) is 0. The Bertz CT molecular complexity index is 1480. The maximum atomic E-state index is 12.9. The largest absolute Gasteiger partial charge is 0.322 e. The van der Waals surface area contributed by atoms with E-state index in [0.717, 1.165) is 19.3 Å². The molecule has 0 spiro atoms. The number of carbonyl (C=O) groups excluding carboxylic acids is 3. The molecule has 0 aliphatic rings. The Labute approximate surface area is 213 Å². The van der Waals surface area contributed by atoms with Crippen LogP contribution in [-0.2, 0) is 6.54 Å². The average molecular weight is 498 g/mol. The van der Waals surface area contributed by atoms with E-state index in [1.165, 1.54) is 16.8 Å². The molecule has 4 rings (SSSR count). The fraction of sp³-hybridized carbons (Fsp3) is 0.179. The van der Waals surface area contributed by atoms with Crippen molar-refractivity contribution in [2.45, 2.75) is 32.7 Å². The van der Waals surface area contributed by atoms with Gasteiger partial charge in [-0.05, 0) is 48.9 Å². The molecular formula is C28H27N5O4. The molecule has 0 radical (unpaired) electrons. The molecule has 9 heteroatoms. The first kappa shape index (κ1) is 25.3. The second-order valence-corrected chi connectivity index (χ2v) is 8.44. The van der Waals surface area contributed by atoms with E-state index >= 15 is 0 Å². The van der Waals surface area contributed by atoms with Crippen molar-refractivity contribution in [3.63, 3.8) is 0 Å². The third-order valence-electron chi connectivity index (χ3n) is 5.79. The number of hydrazine groups is 1. The zero-order valence-corrected chi connectivity index (χ0v) is 20.4. The predicted molar refractivity (Wildman–Crippen MR) is 141 cm³/mol. The number of nitrogens with zero attached hydrogens (tertiary/aromatic N) is 2. The van der Waals surface area contributed by atoms with Crippen LogP contribution >= 0.6 is 0 Å². The van der Waals surface area contributed by atoms with Crippen LogP contribution in [0, 0.1) is 0 Å². The highest BCUT2D eigenvalue weighted by Crippen LogP contribution is 2.14. The number of aryl methyl sites for hydroxylation is 1. The van der Waals surface area contributed by atoms with Crippen molar-refractivity contribution < 1.29 is 14.4 Å². The molecule has 0 aliphatic carbocycles. The molecule has 0 unspecified atom stereocenters. The van der Waals surface area contributed by atoms with E-state index in [9.17, 15) is 19.2 Å². The summed E-state index contributed by atoms with van der Waals surface area (Å²) in [5.41, 5.74) is 5.88. The van der Waals surface area contributed by atoms with Crippen LogP contribution in [0.1, 0.15) is 57.4 Å². The number of nitrogens with one attached hydrogen (secondary N) is 3. The minimum Gasteiger partial charge on any atom is -0.322 e. The van der Waals surface area contributed by atoms with E-state index in [4.69, 9.17) is 0 Å². The summed E-state index contributed by atoms with van der Waals surface area (Å²) in [5, 5.41) is 7.85. The van der Waals surface area contributed by atoms with Gasteiger partial charge in [0.05, 0.1) is 5.39 Å². The molecule has 188 valence electrons. The summed E-state index contributed by atoms with van der Waals surface area (Å²) in [6.07, 6.45) is 2.69. The fourth-order valence-electron chi connectivity index (χ4n) is 3.81. The van der Waals surface area contributed by atoms with Gasteiger partial charge in [0, 0.05) is 28.7 Å². The van der Waals surface area contributed by atoms with Gasteiger partial charge in [0.15, 0.2) is 5.69 Å². The zero-order chi connectivity index (χ0) is 26.2. The van der Waals surface area contributed by atoms with Gasteiger partial charge in [-0.1, -0.05) is 56.2 Å². The van der Waals surface area contributed by atoms with Crippen LogP contribution in [0.25, 0.3) is 10.8 Å². The Morgan fingerprint density at radius 2 is 1.35 bits per heavy atom. The summed E-state index contributed by atoms with van der Waals surface area (Å²) < 4.78 is 1.30. The summed E-state index contributed by atoms with van der Waals surface area (Å²) >= 11 is 0. The van der Waals surface area contributed by atoms with Gasteiger partial charge < -0.3 is 5.32 Å². The monoisotopic (exact) mass is 497 g/mol. The molecule has 0 aliphatic heterocycles. The molecule has 9 nitrogen and oxygen atoms in total. The number of amides is 3. The molecule has 3 amide bonds. The Kier molecular flexibility index (Phi) is 8.05. The van der Waals surface area contributed by atoms with Crippen LogP contribution in [0.15, 0.2) is 83.7 Å². The van der Waals surface area contributed by atoms with Crippen molar-refractivity contribution in [2.75, 3.05) is 5.32 Å². The Balaban J connectivity index is 1.43. The molecule has 0 saturated heterocycles. The summed E-state index contributed by atoms with van der Waals surface area (Å²) in [6.45, 7) is 2.46. The summed E-state index contributed by atoms with van der Waals surface area (Å²) in [4.78, 5) is 50.6. The van der Waals surface area contributed by atoms with Crippen molar-refractivity contribution in [2.24, 2.45) is 0 Å². The number of hydrogen-bond acceptors (Lipinski definition) is 5. The highest BCUT2D eigenvalue weighted by molar-refractivity contribution is 6.06. The molecule has 0 fully saturated rings. The second kappa shape index (κ2) is 11.8. The van der Waals surface area contributed by atoms with Gasteiger partial charge in [-0.25, -0.2) is 4.68 Å². The lowest BCUT2D eigenvalue weighted by molar-refractivity contribution is 0.0843. The van der Waals surface area contributed by atoms with Gasteiger partial charge in [-0.15, -0.1) is 0 Å². The van der Waals surface area contributed by atoms with E-state index in [2.05, 4.69) is 28.2 Å². The first-order valence-electron chi connectivity index (χ1n) is 12.0. The lowest BCUT2D eigenvalue weighted by Gasteiger charge is -2.12. The first-order chi connectivity index (χ1) is 18.0. The molecule has 3 N–H and O–H groups in total. The van der Waals surface area contributed by atoms with Crippen molar-refractivity contribution in [3.8, 4) is 0 Å². The number of hydrogen-bond donors (Lipinski definition) is 3. The topological polar surface area (TPSA) is 122 Å². The lowest BCUT2D eigenvalue weighted by Crippen LogP contribution is -2.42. The molecule has 0 atom stereocenters. The van der Waals surface area contributed by atoms with Gasteiger partial charge in [-0.3, -0.25) is 30.0 Å². The van der Waals surface area contributed by atoms with E-state index in [1.807, 2.05) is 6.07 Å². The highest BCUT2D eigenvalue weighted by atomic mass is 16.2. The number of anilines is 1. The number of unbranched alkanes of at least 4 members (excludes halogenated alkanes) is 2. The smallest absolute Gasteiger partial charge is 0.290 e. The fourth-order valence-corrected chi connectivity index (χ4v) is 3.81. The Hall–Kier alpha value is -4.79. The van der Waals surface area contributed by atoms with Gasteiger partial charge in [-0.2, -0.15) is 5.10 Å². The quantitative estimate of drug-likeness (QED) is 0.252. The normalized spacial score (nSPS) is 10.6.